The van der Waals surface area contributed by atoms with Crippen LogP contribution in [0.15, 0.2) is 35.9 Å². The van der Waals surface area contributed by atoms with Gasteiger partial charge in [0.25, 0.3) is 0 Å². The van der Waals surface area contributed by atoms with Crippen LogP contribution in [0.3, 0.4) is 0 Å². The van der Waals surface area contributed by atoms with Crippen molar-refractivity contribution in [3.8, 4) is 5.75 Å². The lowest BCUT2D eigenvalue weighted by Gasteiger charge is -2.33. The molecule has 0 aromatic heterocycles. The fourth-order valence-electron chi connectivity index (χ4n) is 3.38. The van der Waals surface area contributed by atoms with Crippen molar-refractivity contribution in [2.45, 2.75) is 18.9 Å². The number of carbonyl (C=O) groups excluding carboxylic acids is 2. The summed E-state index contributed by atoms with van der Waals surface area (Å²) < 4.78 is 5.70. The number of nitrogens with zero attached hydrogens (tertiary/aromatic N) is 2. The SMILES string of the molecule is O=C(CN1CCN(C(=O)/C=C/C2=Cc3cc(Cl)ccc3OC2)CC1)NC1CC1. The van der Waals surface area contributed by atoms with Crippen LogP contribution in [-0.4, -0.2) is 67.0 Å². The number of halogens is 1. The molecule has 7 heteroatoms. The summed E-state index contributed by atoms with van der Waals surface area (Å²) >= 11 is 6.03. The van der Waals surface area contributed by atoms with Crippen molar-refractivity contribution in [2.24, 2.45) is 0 Å². The normalized spacial score (nSPS) is 19.8. The molecule has 2 amide bonds. The van der Waals surface area contributed by atoms with Gasteiger partial charge in [0, 0.05) is 48.9 Å². The molecule has 1 aliphatic carbocycles. The van der Waals surface area contributed by atoms with Gasteiger partial charge in [0.05, 0.1) is 6.54 Å². The van der Waals surface area contributed by atoms with E-state index in [4.69, 9.17) is 16.3 Å². The monoisotopic (exact) mass is 401 g/mol. The standard InChI is InChI=1S/C21H24ClN3O3/c22-17-2-5-19-16(12-17)11-15(14-28-19)1-6-21(27)25-9-7-24(8-10-25)13-20(26)23-18-3-4-18/h1-2,5-6,11-12,18H,3-4,7-10,13-14H2,(H,23,26)/b6-1+. The quantitative estimate of drug-likeness (QED) is 0.767. The molecule has 0 atom stereocenters. The van der Waals surface area contributed by atoms with Gasteiger partial charge in [-0.15, -0.1) is 0 Å². The number of rotatable bonds is 5. The summed E-state index contributed by atoms with van der Waals surface area (Å²) in [7, 11) is 0. The number of benzene rings is 1. The molecule has 1 aromatic rings. The summed E-state index contributed by atoms with van der Waals surface area (Å²) in [5, 5.41) is 3.66. The third-order valence-corrected chi connectivity index (χ3v) is 5.38. The highest BCUT2D eigenvalue weighted by atomic mass is 35.5. The highest BCUT2D eigenvalue weighted by molar-refractivity contribution is 6.30. The highest BCUT2D eigenvalue weighted by Crippen LogP contribution is 2.29. The summed E-state index contributed by atoms with van der Waals surface area (Å²) in [4.78, 5) is 28.3. The van der Waals surface area contributed by atoms with Gasteiger partial charge in [-0.05, 0) is 42.7 Å². The second-order valence-electron chi connectivity index (χ2n) is 7.47. The summed E-state index contributed by atoms with van der Waals surface area (Å²) in [6, 6.07) is 5.89. The van der Waals surface area contributed by atoms with E-state index in [-0.39, 0.29) is 11.8 Å². The first-order valence-corrected chi connectivity index (χ1v) is 10.1. The molecule has 1 N–H and O–H groups in total. The minimum absolute atomic E-state index is 0.0140. The summed E-state index contributed by atoms with van der Waals surface area (Å²) in [5.74, 6) is 0.876. The van der Waals surface area contributed by atoms with E-state index >= 15 is 0 Å². The fourth-order valence-corrected chi connectivity index (χ4v) is 3.56. The second kappa shape index (κ2) is 8.37. The van der Waals surface area contributed by atoms with Gasteiger partial charge in [-0.25, -0.2) is 0 Å². The molecule has 1 saturated carbocycles. The molecule has 0 bridgehead atoms. The van der Waals surface area contributed by atoms with Crippen molar-refractivity contribution in [1.29, 1.82) is 0 Å². The van der Waals surface area contributed by atoms with Gasteiger partial charge in [0.2, 0.25) is 11.8 Å². The number of hydrogen-bond acceptors (Lipinski definition) is 4. The number of carbonyl (C=O) groups is 2. The van der Waals surface area contributed by atoms with E-state index in [1.165, 1.54) is 0 Å². The smallest absolute Gasteiger partial charge is 0.246 e. The first-order chi connectivity index (χ1) is 13.6. The van der Waals surface area contributed by atoms with Crippen LogP contribution in [0.1, 0.15) is 18.4 Å². The van der Waals surface area contributed by atoms with Crippen LogP contribution < -0.4 is 10.1 Å². The Balaban J connectivity index is 1.27. The second-order valence-corrected chi connectivity index (χ2v) is 7.90. The van der Waals surface area contributed by atoms with Gasteiger partial charge in [-0.1, -0.05) is 17.7 Å². The zero-order chi connectivity index (χ0) is 19.5. The molecule has 0 unspecified atom stereocenters. The number of amides is 2. The first kappa shape index (κ1) is 19.0. The van der Waals surface area contributed by atoms with Crippen LogP contribution in [0.5, 0.6) is 5.75 Å². The van der Waals surface area contributed by atoms with Crippen LogP contribution in [0.25, 0.3) is 6.08 Å². The zero-order valence-electron chi connectivity index (χ0n) is 15.7. The van der Waals surface area contributed by atoms with Crippen molar-refractivity contribution >= 4 is 29.5 Å². The average molecular weight is 402 g/mol. The van der Waals surface area contributed by atoms with Gasteiger partial charge >= 0.3 is 0 Å². The lowest BCUT2D eigenvalue weighted by molar-refractivity contribution is -0.128. The van der Waals surface area contributed by atoms with E-state index in [0.29, 0.717) is 37.3 Å². The molecule has 2 heterocycles. The third kappa shape index (κ3) is 4.94. The van der Waals surface area contributed by atoms with Gasteiger partial charge in [-0.3, -0.25) is 14.5 Å². The van der Waals surface area contributed by atoms with Gasteiger partial charge in [0.15, 0.2) is 0 Å². The number of nitrogens with one attached hydrogen (secondary N) is 1. The highest BCUT2D eigenvalue weighted by Gasteiger charge is 2.26. The minimum atomic E-state index is -0.0140. The number of piperazine rings is 1. The fraction of sp³-hybridized carbons (Fsp3) is 0.429. The molecule has 2 aliphatic heterocycles. The molecule has 3 aliphatic rings. The summed E-state index contributed by atoms with van der Waals surface area (Å²) in [5.41, 5.74) is 1.85. The van der Waals surface area contributed by atoms with E-state index in [0.717, 1.165) is 42.8 Å². The van der Waals surface area contributed by atoms with E-state index in [9.17, 15) is 9.59 Å². The third-order valence-electron chi connectivity index (χ3n) is 5.14. The molecule has 1 saturated heterocycles. The Hall–Kier alpha value is -2.31. The lowest BCUT2D eigenvalue weighted by atomic mass is 10.1. The Kier molecular flexibility index (Phi) is 5.69. The molecule has 148 valence electrons. The number of hydrogen-bond donors (Lipinski definition) is 1. The predicted octanol–water partition coefficient (Wildman–Crippen LogP) is 2.09. The molecule has 6 nitrogen and oxygen atoms in total. The molecule has 4 rings (SSSR count). The van der Waals surface area contributed by atoms with Crippen molar-refractivity contribution in [2.75, 3.05) is 39.3 Å². The Bertz CT molecular complexity index is 824. The Morgan fingerprint density at radius 2 is 2.00 bits per heavy atom. The largest absolute Gasteiger partial charge is 0.488 e. The Labute approximate surface area is 169 Å². The Morgan fingerprint density at radius 3 is 2.75 bits per heavy atom. The first-order valence-electron chi connectivity index (χ1n) is 9.68. The average Bonchev–Trinajstić information content (AvgIpc) is 3.50. The van der Waals surface area contributed by atoms with E-state index in [2.05, 4.69) is 10.2 Å². The van der Waals surface area contributed by atoms with E-state index in [1.54, 1.807) is 12.1 Å². The zero-order valence-corrected chi connectivity index (χ0v) is 16.5. The van der Waals surface area contributed by atoms with Gasteiger partial charge < -0.3 is 15.0 Å². The predicted molar refractivity (Wildman–Crippen MR) is 108 cm³/mol. The van der Waals surface area contributed by atoms with Crippen molar-refractivity contribution in [3.05, 3.63) is 46.5 Å². The van der Waals surface area contributed by atoms with Crippen molar-refractivity contribution in [1.82, 2.24) is 15.1 Å². The maximum absolute atomic E-state index is 12.5. The maximum Gasteiger partial charge on any atom is 0.246 e. The molecule has 28 heavy (non-hydrogen) atoms. The van der Waals surface area contributed by atoms with Crippen molar-refractivity contribution in [3.63, 3.8) is 0 Å². The summed E-state index contributed by atoms with van der Waals surface area (Å²) in [6.07, 6.45) is 7.59. The molecular weight excluding hydrogens is 378 g/mol. The lowest BCUT2D eigenvalue weighted by Crippen LogP contribution is -2.51. The molecule has 0 radical (unpaired) electrons. The number of fused-ring (bicyclic) bond motifs is 1. The maximum atomic E-state index is 12.5. The Morgan fingerprint density at radius 1 is 1.21 bits per heavy atom. The van der Waals surface area contributed by atoms with E-state index < -0.39 is 0 Å². The van der Waals surface area contributed by atoms with Crippen LogP contribution in [-0.2, 0) is 9.59 Å². The van der Waals surface area contributed by atoms with E-state index in [1.807, 2.05) is 29.2 Å². The summed E-state index contributed by atoms with van der Waals surface area (Å²) in [6.45, 7) is 3.55. The van der Waals surface area contributed by atoms with Crippen LogP contribution in [0.2, 0.25) is 5.02 Å². The number of ether oxygens (including phenoxy) is 1. The molecule has 0 spiro atoms. The van der Waals surface area contributed by atoms with Crippen LogP contribution in [0, 0.1) is 0 Å². The van der Waals surface area contributed by atoms with Gasteiger partial charge in [-0.2, -0.15) is 0 Å². The van der Waals surface area contributed by atoms with Crippen LogP contribution >= 0.6 is 11.6 Å². The molecule has 1 aromatic carbocycles. The van der Waals surface area contributed by atoms with Crippen molar-refractivity contribution < 1.29 is 14.3 Å². The minimum Gasteiger partial charge on any atom is -0.488 e. The van der Waals surface area contributed by atoms with Gasteiger partial charge in [0.1, 0.15) is 12.4 Å². The molecule has 2 fully saturated rings. The van der Waals surface area contributed by atoms with Crippen LogP contribution in [0.4, 0.5) is 0 Å². The topological polar surface area (TPSA) is 61.9 Å². The molecular formula is C21H24ClN3O3.